The second kappa shape index (κ2) is 6.63. The van der Waals surface area contributed by atoms with Gasteiger partial charge >= 0.3 is 0 Å². The van der Waals surface area contributed by atoms with Crippen LogP contribution < -0.4 is 4.74 Å². The van der Waals surface area contributed by atoms with Gasteiger partial charge in [0.1, 0.15) is 11.9 Å². The maximum atomic E-state index is 10.4. The molecular formula is C13H11Cl2IO2S. The number of hydrogen-bond donors (Lipinski definition) is 1. The Labute approximate surface area is 139 Å². The fraction of sp³-hybridized carbons (Fsp3) is 0.231. The van der Waals surface area contributed by atoms with E-state index in [9.17, 15) is 5.11 Å². The zero-order valence-corrected chi connectivity index (χ0v) is 14.5. The van der Waals surface area contributed by atoms with Crippen LogP contribution in [0.2, 0.25) is 10.0 Å². The lowest BCUT2D eigenvalue weighted by molar-refractivity contribution is 0.220. The van der Waals surface area contributed by atoms with E-state index in [-0.39, 0.29) is 0 Å². The molecule has 1 N–H and O–H groups in total. The standard InChI is InChI=1S/C13H11Cl2IO2S/c1-2-18-11-5-9(14)8(4-10(11)15)13(17)7-3-12(16)19-6-7/h3-6,13,17H,2H2,1H3. The number of aliphatic hydroxyl groups is 1. The predicted octanol–water partition coefficient (Wildman–Crippen LogP) is 5.14. The van der Waals surface area contributed by atoms with Crippen molar-refractivity contribution in [2.45, 2.75) is 13.0 Å². The Bertz CT molecular complexity index is 586. The first-order chi connectivity index (χ1) is 9.02. The van der Waals surface area contributed by atoms with Gasteiger partial charge in [-0.25, -0.2) is 0 Å². The molecule has 0 bridgehead atoms. The molecule has 0 aliphatic heterocycles. The highest BCUT2D eigenvalue weighted by Gasteiger charge is 2.18. The molecule has 0 saturated carbocycles. The number of hydrogen-bond acceptors (Lipinski definition) is 3. The molecule has 19 heavy (non-hydrogen) atoms. The highest BCUT2D eigenvalue weighted by atomic mass is 127. The zero-order chi connectivity index (χ0) is 14.0. The Kier molecular flexibility index (Phi) is 5.37. The molecule has 0 aliphatic rings. The molecule has 1 aromatic heterocycles. The Morgan fingerprint density at radius 3 is 2.63 bits per heavy atom. The molecule has 6 heteroatoms. The molecule has 1 heterocycles. The minimum absolute atomic E-state index is 0.446. The van der Waals surface area contributed by atoms with Crippen LogP contribution >= 0.6 is 57.1 Å². The summed E-state index contributed by atoms with van der Waals surface area (Å²) in [6.07, 6.45) is -0.777. The first-order valence-corrected chi connectivity index (χ1v) is 8.28. The largest absolute Gasteiger partial charge is 0.492 e. The Balaban J connectivity index is 2.37. The van der Waals surface area contributed by atoms with E-state index in [4.69, 9.17) is 27.9 Å². The van der Waals surface area contributed by atoms with Crippen LogP contribution in [0.1, 0.15) is 24.2 Å². The second-order valence-electron chi connectivity index (χ2n) is 3.82. The lowest BCUT2D eigenvalue weighted by Crippen LogP contribution is -2.01. The van der Waals surface area contributed by atoms with Crippen LogP contribution in [0.25, 0.3) is 0 Å². The highest BCUT2D eigenvalue weighted by Crippen LogP contribution is 2.37. The summed E-state index contributed by atoms with van der Waals surface area (Å²) in [5.41, 5.74) is 1.40. The van der Waals surface area contributed by atoms with Gasteiger partial charge in [0, 0.05) is 11.6 Å². The molecule has 0 saturated heterocycles. The fourth-order valence-corrected chi connectivity index (χ4v) is 3.54. The van der Waals surface area contributed by atoms with Crippen molar-refractivity contribution in [3.63, 3.8) is 0 Å². The molecule has 0 radical (unpaired) electrons. The summed E-state index contributed by atoms with van der Waals surface area (Å²) in [5, 5.41) is 13.2. The Hall–Kier alpha value is -0.0100. The molecule has 1 atom stereocenters. The minimum Gasteiger partial charge on any atom is -0.492 e. The maximum absolute atomic E-state index is 10.4. The molecule has 0 spiro atoms. The molecule has 2 rings (SSSR count). The van der Waals surface area contributed by atoms with Gasteiger partial charge in [-0.1, -0.05) is 23.2 Å². The fourth-order valence-electron chi connectivity index (χ4n) is 1.67. The van der Waals surface area contributed by atoms with Crippen LogP contribution in [-0.4, -0.2) is 11.7 Å². The SMILES string of the molecule is CCOc1cc(Cl)c(C(O)c2csc(I)c2)cc1Cl. The van der Waals surface area contributed by atoms with Crippen molar-refractivity contribution in [3.05, 3.63) is 47.6 Å². The van der Waals surface area contributed by atoms with Crippen molar-refractivity contribution < 1.29 is 9.84 Å². The molecule has 2 aromatic rings. The summed E-state index contributed by atoms with van der Waals surface area (Å²) >= 11 is 16.1. The molecule has 102 valence electrons. The smallest absolute Gasteiger partial charge is 0.139 e. The van der Waals surface area contributed by atoms with Gasteiger partial charge in [-0.15, -0.1) is 11.3 Å². The van der Waals surface area contributed by atoms with Crippen LogP contribution in [0, 0.1) is 2.88 Å². The number of ether oxygens (including phenoxy) is 1. The van der Waals surface area contributed by atoms with Crippen LogP contribution in [0.3, 0.4) is 0 Å². The third-order valence-electron chi connectivity index (χ3n) is 2.55. The van der Waals surface area contributed by atoms with Gasteiger partial charge in [-0.2, -0.15) is 0 Å². The average molecular weight is 429 g/mol. The quantitative estimate of drug-likeness (QED) is 0.683. The van der Waals surface area contributed by atoms with Gasteiger partial charge in [-0.05, 0) is 52.6 Å². The monoisotopic (exact) mass is 428 g/mol. The lowest BCUT2D eigenvalue weighted by Gasteiger charge is -2.14. The third kappa shape index (κ3) is 3.55. The lowest BCUT2D eigenvalue weighted by atomic mass is 10.0. The van der Waals surface area contributed by atoms with E-state index in [1.807, 2.05) is 18.4 Å². The summed E-state index contributed by atoms with van der Waals surface area (Å²) in [7, 11) is 0. The molecule has 0 aliphatic carbocycles. The van der Waals surface area contributed by atoms with Crippen LogP contribution in [0.5, 0.6) is 5.75 Å². The summed E-state index contributed by atoms with van der Waals surface area (Å²) in [6, 6.07) is 5.23. The number of rotatable bonds is 4. The number of aliphatic hydroxyl groups excluding tert-OH is 1. The molecule has 1 aromatic carbocycles. The molecule has 2 nitrogen and oxygen atoms in total. The van der Waals surface area contributed by atoms with E-state index >= 15 is 0 Å². The van der Waals surface area contributed by atoms with Crippen molar-refractivity contribution >= 4 is 57.1 Å². The number of thiophene rings is 1. The van der Waals surface area contributed by atoms with Crippen molar-refractivity contribution in [3.8, 4) is 5.75 Å². The summed E-state index contributed by atoms with van der Waals surface area (Å²) < 4.78 is 6.48. The number of benzene rings is 1. The normalized spacial score (nSPS) is 12.5. The van der Waals surface area contributed by atoms with Gasteiger partial charge < -0.3 is 9.84 Å². The highest BCUT2D eigenvalue weighted by molar-refractivity contribution is 14.1. The van der Waals surface area contributed by atoms with Crippen molar-refractivity contribution in [2.75, 3.05) is 6.61 Å². The van der Waals surface area contributed by atoms with Gasteiger partial charge in [0.25, 0.3) is 0 Å². The van der Waals surface area contributed by atoms with Crippen molar-refractivity contribution in [1.29, 1.82) is 0 Å². The van der Waals surface area contributed by atoms with E-state index in [1.165, 1.54) is 0 Å². The van der Waals surface area contributed by atoms with E-state index < -0.39 is 6.10 Å². The van der Waals surface area contributed by atoms with E-state index in [0.717, 1.165) is 8.45 Å². The molecule has 0 fully saturated rings. The van der Waals surface area contributed by atoms with Crippen LogP contribution in [0.4, 0.5) is 0 Å². The first kappa shape index (κ1) is 15.4. The van der Waals surface area contributed by atoms with Crippen molar-refractivity contribution in [2.24, 2.45) is 0 Å². The van der Waals surface area contributed by atoms with Crippen LogP contribution in [-0.2, 0) is 0 Å². The van der Waals surface area contributed by atoms with Gasteiger partial charge in [-0.3, -0.25) is 0 Å². The van der Waals surface area contributed by atoms with E-state index in [1.54, 1.807) is 23.5 Å². The minimum atomic E-state index is -0.777. The molecule has 1 unspecified atom stereocenters. The average Bonchev–Trinajstić information content (AvgIpc) is 2.79. The maximum Gasteiger partial charge on any atom is 0.139 e. The van der Waals surface area contributed by atoms with Gasteiger partial charge in [0.2, 0.25) is 0 Å². The Morgan fingerprint density at radius 1 is 1.32 bits per heavy atom. The Morgan fingerprint density at radius 2 is 2.05 bits per heavy atom. The third-order valence-corrected chi connectivity index (χ3v) is 4.98. The zero-order valence-electron chi connectivity index (χ0n) is 9.99. The van der Waals surface area contributed by atoms with Crippen LogP contribution in [0.15, 0.2) is 23.6 Å². The van der Waals surface area contributed by atoms with Crippen molar-refractivity contribution in [1.82, 2.24) is 0 Å². The summed E-state index contributed by atoms with van der Waals surface area (Å²) in [4.78, 5) is 0. The summed E-state index contributed by atoms with van der Waals surface area (Å²) in [5.74, 6) is 0.532. The topological polar surface area (TPSA) is 29.5 Å². The molecular weight excluding hydrogens is 418 g/mol. The van der Waals surface area contributed by atoms with Gasteiger partial charge in [0.15, 0.2) is 0 Å². The number of halogens is 3. The van der Waals surface area contributed by atoms with Gasteiger partial charge in [0.05, 0.1) is 19.5 Å². The van der Waals surface area contributed by atoms with E-state index in [0.29, 0.717) is 28.0 Å². The predicted molar refractivity (Wildman–Crippen MR) is 88.7 cm³/mol. The molecule has 0 amide bonds. The second-order valence-corrected chi connectivity index (χ2v) is 7.44. The first-order valence-electron chi connectivity index (χ1n) is 5.56. The summed E-state index contributed by atoms with van der Waals surface area (Å²) in [6.45, 7) is 2.39. The van der Waals surface area contributed by atoms with E-state index in [2.05, 4.69) is 22.6 Å².